The van der Waals surface area contributed by atoms with Crippen LogP contribution in [0.5, 0.6) is 0 Å². The van der Waals surface area contributed by atoms with E-state index < -0.39 is 11.6 Å². The SMILES string of the molecule is CC(C)NCCN(C)Cc1ccc(F)cc1F. The smallest absolute Gasteiger partial charge is 0.130 e. The van der Waals surface area contributed by atoms with Crippen LogP contribution in [0.1, 0.15) is 19.4 Å². The van der Waals surface area contributed by atoms with Crippen LogP contribution in [-0.2, 0) is 6.54 Å². The van der Waals surface area contributed by atoms with Gasteiger partial charge in [0.25, 0.3) is 0 Å². The van der Waals surface area contributed by atoms with Crippen LogP contribution in [0.3, 0.4) is 0 Å². The molecule has 0 aliphatic heterocycles. The van der Waals surface area contributed by atoms with Crippen LogP contribution >= 0.6 is 0 Å². The number of rotatable bonds is 6. The summed E-state index contributed by atoms with van der Waals surface area (Å²) in [5, 5.41) is 3.29. The Bertz CT molecular complexity index is 353. The van der Waals surface area contributed by atoms with Crippen LogP contribution < -0.4 is 5.32 Å². The first-order valence-corrected chi connectivity index (χ1v) is 5.85. The maximum absolute atomic E-state index is 13.4. The van der Waals surface area contributed by atoms with Crippen LogP contribution in [0, 0.1) is 11.6 Å². The minimum atomic E-state index is -0.532. The Hall–Kier alpha value is -1.00. The summed E-state index contributed by atoms with van der Waals surface area (Å²) in [5.74, 6) is -1.01. The van der Waals surface area contributed by atoms with Gasteiger partial charge in [0.15, 0.2) is 0 Å². The first-order valence-electron chi connectivity index (χ1n) is 5.85. The van der Waals surface area contributed by atoms with Gasteiger partial charge in [-0.1, -0.05) is 19.9 Å². The fraction of sp³-hybridized carbons (Fsp3) is 0.538. The molecule has 0 unspecified atom stereocenters. The van der Waals surface area contributed by atoms with Gasteiger partial charge in [0.05, 0.1) is 0 Å². The number of nitrogens with zero attached hydrogens (tertiary/aromatic N) is 1. The number of hydrogen-bond donors (Lipinski definition) is 1. The zero-order valence-corrected chi connectivity index (χ0v) is 10.6. The van der Waals surface area contributed by atoms with E-state index in [4.69, 9.17) is 0 Å². The summed E-state index contributed by atoms with van der Waals surface area (Å²) in [4.78, 5) is 2.01. The molecule has 0 fully saturated rings. The lowest BCUT2D eigenvalue weighted by atomic mass is 10.2. The Labute approximate surface area is 102 Å². The molecule has 0 aliphatic carbocycles. The van der Waals surface area contributed by atoms with Crippen molar-refractivity contribution in [1.29, 1.82) is 0 Å². The summed E-state index contributed by atoms with van der Waals surface area (Å²) < 4.78 is 26.1. The van der Waals surface area contributed by atoms with Gasteiger partial charge in [-0.3, -0.25) is 0 Å². The predicted octanol–water partition coefficient (Wildman–Crippen LogP) is 2.39. The average Bonchev–Trinajstić information content (AvgIpc) is 2.21. The minimum Gasteiger partial charge on any atom is -0.313 e. The summed E-state index contributed by atoms with van der Waals surface area (Å²) >= 11 is 0. The van der Waals surface area contributed by atoms with Crippen molar-refractivity contribution in [2.75, 3.05) is 20.1 Å². The average molecular weight is 242 g/mol. The molecule has 0 radical (unpaired) electrons. The molecule has 0 saturated heterocycles. The second kappa shape index (κ2) is 6.67. The Morgan fingerprint density at radius 1 is 1.29 bits per heavy atom. The normalized spacial score (nSPS) is 11.5. The molecule has 0 aliphatic rings. The second-order valence-electron chi connectivity index (χ2n) is 4.58. The van der Waals surface area contributed by atoms with E-state index in [9.17, 15) is 8.78 Å². The fourth-order valence-electron chi connectivity index (χ4n) is 1.56. The van der Waals surface area contributed by atoms with Gasteiger partial charge in [-0.25, -0.2) is 8.78 Å². The second-order valence-corrected chi connectivity index (χ2v) is 4.58. The van der Waals surface area contributed by atoms with Crippen LogP contribution in [-0.4, -0.2) is 31.1 Å². The molecule has 0 spiro atoms. The van der Waals surface area contributed by atoms with Crippen LogP contribution in [0.25, 0.3) is 0 Å². The lowest BCUT2D eigenvalue weighted by Crippen LogP contribution is -2.32. The Morgan fingerprint density at radius 2 is 2.00 bits per heavy atom. The van der Waals surface area contributed by atoms with E-state index in [1.54, 1.807) is 0 Å². The van der Waals surface area contributed by atoms with Crippen molar-refractivity contribution >= 4 is 0 Å². The fourth-order valence-corrected chi connectivity index (χ4v) is 1.56. The highest BCUT2D eigenvalue weighted by atomic mass is 19.1. The highest BCUT2D eigenvalue weighted by Gasteiger charge is 2.06. The molecule has 0 amide bonds. The summed E-state index contributed by atoms with van der Waals surface area (Å²) in [5.41, 5.74) is 0.526. The Kier molecular flexibility index (Phi) is 5.51. The number of hydrogen-bond acceptors (Lipinski definition) is 2. The molecule has 1 rings (SSSR count). The highest BCUT2D eigenvalue weighted by molar-refractivity contribution is 5.18. The van der Waals surface area contributed by atoms with Crippen molar-refractivity contribution in [2.45, 2.75) is 26.4 Å². The van der Waals surface area contributed by atoms with Gasteiger partial charge in [-0.15, -0.1) is 0 Å². The van der Waals surface area contributed by atoms with Crippen LogP contribution in [0.2, 0.25) is 0 Å². The summed E-state index contributed by atoms with van der Waals surface area (Å²) in [6, 6.07) is 4.16. The van der Waals surface area contributed by atoms with E-state index in [2.05, 4.69) is 19.2 Å². The first-order chi connectivity index (χ1) is 7.99. The lowest BCUT2D eigenvalue weighted by molar-refractivity contribution is 0.314. The Balaban J connectivity index is 2.42. The van der Waals surface area contributed by atoms with Crippen molar-refractivity contribution in [3.8, 4) is 0 Å². The minimum absolute atomic E-state index is 0.450. The topological polar surface area (TPSA) is 15.3 Å². The largest absolute Gasteiger partial charge is 0.313 e. The van der Waals surface area contributed by atoms with Gasteiger partial charge in [-0.2, -0.15) is 0 Å². The maximum atomic E-state index is 13.4. The maximum Gasteiger partial charge on any atom is 0.130 e. The van der Waals surface area contributed by atoms with Crippen molar-refractivity contribution in [3.63, 3.8) is 0 Å². The monoisotopic (exact) mass is 242 g/mol. The molecule has 0 bridgehead atoms. The van der Waals surface area contributed by atoms with Crippen molar-refractivity contribution in [1.82, 2.24) is 10.2 Å². The van der Waals surface area contributed by atoms with Gasteiger partial charge in [-0.05, 0) is 13.1 Å². The molecular weight excluding hydrogens is 222 g/mol. The summed E-state index contributed by atoms with van der Waals surface area (Å²) in [7, 11) is 1.92. The molecule has 0 saturated carbocycles. The Morgan fingerprint density at radius 3 is 2.59 bits per heavy atom. The first kappa shape index (κ1) is 14.1. The highest BCUT2D eigenvalue weighted by Crippen LogP contribution is 2.11. The van der Waals surface area contributed by atoms with Crippen LogP contribution in [0.15, 0.2) is 18.2 Å². The lowest BCUT2D eigenvalue weighted by Gasteiger charge is -2.18. The molecule has 1 aromatic carbocycles. The van der Waals surface area contributed by atoms with Crippen molar-refractivity contribution in [3.05, 3.63) is 35.4 Å². The number of benzene rings is 1. The van der Waals surface area contributed by atoms with E-state index in [-0.39, 0.29) is 0 Å². The zero-order chi connectivity index (χ0) is 12.8. The molecule has 17 heavy (non-hydrogen) atoms. The molecule has 0 heterocycles. The quantitative estimate of drug-likeness (QED) is 0.824. The number of likely N-dealkylation sites (N-methyl/N-ethyl adjacent to an activating group) is 1. The molecule has 4 heteroatoms. The standard InChI is InChI=1S/C13H20F2N2/c1-10(2)16-6-7-17(3)9-11-4-5-12(14)8-13(11)15/h4-5,8,10,16H,6-7,9H2,1-3H3. The van der Waals surface area contributed by atoms with Crippen molar-refractivity contribution in [2.24, 2.45) is 0 Å². The molecule has 96 valence electrons. The summed E-state index contributed by atoms with van der Waals surface area (Å²) in [6.45, 7) is 6.34. The number of halogens is 2. The van der Waals surface area contributed by atoms with E-state index in [0.717, 1.165) is 19.2 Å². The van der Waals surface area contributed by atoms with Gasteiger partial charge < -0.3 is 10.2 Å². The molecule has 0 aromatic heterocycles. The zero-order valence-electron chi connectivity index (χ0n) is 10.6. The number of nitrogens with one attached hydrogen (secondary N) is 1. The third-order valence-corrected chi connectivity index (χ3v) is 2.50. The molecule has 1 aromatic rings. The molecular formula is C13H20F2N2. The third kappa shape index (κ3) is 5.24. The van der Waals surface area contributed by atoms with E-state index in [0.29, 0.717) is 18.2 Å². The van der Waals surface area contributed by atoms with Gasteiger partial charge >= 0.3 is 0 Å². The van der Waals surface area contributed by atoms with E-state index in [1.165, 1.54) is 12.1 Å². The van der Waals surface area contributed by atoms with E-state index >= 15 is 0 Å². The van der Waals surface area contributed by atoms with Gasteiger partial charge in [0.1, 0.15) is 11.6 Å². The molecule has 2 nitrogen and oxygen atoms in total. The molecule has 0 atom stereocenters. The van der Waals surface area contributed by atoms with Crippen LogP contribution in [0.4, 0.5) is 8.78 Å². The van der Waals surface area contributed by atoms with Crippen molar-refractivity contribution < 1.29 is 8.78 Å². The van der Waals surface area contributed by atoms with Gasteiger partial charge in [0.2, 0.25) is 0 Å². The van der Waals surface area contributed by atoms with Gasteiger partial charge in [0, 0.05) is 37.3 Å². The van der Waals surface area contributed by atoms with E-state index in [1.807, 2.05) is 11.9 Å². The predicted molar refractivity (Wildman–Crippen MR) is 65.8 cm³/mol. The summed E-state index contributed by atoms with van der Waals surface area (Å²) in [6.07, 6.45) is 0. The molecule has 1 N–H and O–H groups in total. The third-order valence-electron chi connectivity index (χ3n) is 2.50.